The van der Waals surface area contributed by atoms with Crippen LogP contribution in [0, 0.1) is 0 Å². The van der Waals surface area contributed by atoms with Gasteiger partial charge in [-0.3, -0.25) is 4.21 Å². The molecule has 4 heteroatoms. The summed E-state index contributed by atoms with van der Waals surface area (Å²) in [6.07, 6.45) is 1.72. The third-order valence-corrected chi connectivity index (χ3v) is 2.43. The van der Waals surface area contributed by atoms with E-state index in [-0.39, 0.29) is 0 Å². The maximum Gasteiger partial charge on any atom is 0.0606 e. The number of benzene rings is 1. The monoisotopic (exact) mass is 180 g/mol. The van der Waals surface area contributed by atoms with E-state index in [0.29, 0.717) is 10.4 Å². The van der Waals surface area contributed by atoms with Gasteiger partial charge in [0.05, 0.1) is 5.52 Å². The molecule has 62 valence electrons. The Hall–Kier alpha value is -1.13. The second kappa shape index (κ2) is 2.73. The summed E-state index contributed by atoms with van der Waals surface area (Å²) in [5, 5.41) is 0.914. The van der Waals surface area contributed by atoms with Crippen molar-refractivity contribution in [2.75, 3.05) is 0 Å². The number of fused-ring (bicyclic) bond motifs is 1. The first-order valence-electron chi connectivity index (χ1n) is 3.44. The Balaban J connectivity index is 2.82. The lowest BCUT2D eigenvalue weighted by Gasteiger charge is -2.05. The number of H-pyrrole nitrogens is 1. The summed E-state index contributed by atoms with van der Waals surface area (Å²) >= 11 is -2.16. The van der Waals surface area contributed by atoms with E-state index >= 15 is 0 Å². The number of rotatable bonds is 1. The molecule has 0 aliphatic rings. The molecule has 0 aliphatic carbocycles. The molecule has 0 amide bonds. The minimum atomic E-state index is -2.16. The van der Waals surface area contributed by atoms with Crippen LogP contribution < -0.4 is 0 Å². The summed E-state index contributed by atoms with van der Waals surface area (Å²) in [5.74, 6) is 0. The molecule has 0 aliphatic heterocycles. The van der Waals surface area contributed by atoms with Crippen LogP contribution in [-0.2, 0) is 11.1 Å². The lowest BCUT2D eigenvalue weighted by atomic mass is 10.2. The summed E-state index contributed by atoms with van der Waals surface area (Å²) in [5.41, 5.74) is 0.672. The quantitative estimate of drug-likeness (QED) is 0.674. The molecule has 0 saturated heterocycles. The Labute approximate surface area is 71.7 Å². The van der Waals surface area contributed by atoms with Gasteiger partial charge >= 0.3 is 0 Å². The molecule has 2 aromatic rings. The third kappa shape index (κ3) is 1.05. The van der Waals surface area contributed by atoms with Crippen molar-refractivity contribution in [3.8, 4) is 0 Å². The number of aromatic nitrogens is 1. The zero-order valence-corrected chi connectivity index (χ0v) is 6.93. The Morgan fingerprint density at radius 3 is 2.92 bits per heavy atom. The first-order chi connectivity index (χ1) is 5.79. The Morgan fingerprint density at radius 1 is 1.33 bits per heavy atom. The zero-order chi connectivity index (χ0) is 8.55. The number of hydrogen-bond donors (Lipinski definition) is 1. The predicted molar refractivity (Wildman–Crippen MR) is 45.5 cm³/mol. The highest BCUT2D eigenvalue weighted by Gasteiger charge is 2.00. The van der Waals surface area contributed by atoms with Crippen molar-refractivity contribution in [2.24, 2.45) is 0 Å². The molecular formula is C8H6NO2S-. The van der Waals surface area contributed by atoms with E-state index in [9.17, 15) is 8.76 Å². The molecule has 1 heterocycles. The van der Waals surface area contributed by atoms with Gasteiger partial charge in [-0.15, -0.1) is 0 Å². The highest BCUT2D eigenvalue weighted by atomic mass is 32.2. The summed E-state index contributed by atoms with van der Waals surface area (Å²) < 4.78 is 21.4. The molecule has 1 unspecified atom stereocenters. The van der Waals surface area contributed by atoms with E-state index in [1.165, 1.54) is 0 Å². The van der Waals surface area contributed by atoms with Crippen LogP contribution in [0.25, 0.3) is 10.9 Å². The van der Waals surface area contributed by atoms with Gasteiger partial charge in [-0.05, 0) is 23.2 Å². The normalized spacial score (nSPS) is 13.4. The van der Waals surface area contributed by atoms with Gasteiger partial charge in [-0.25, -0.2) is 0 Å². The first-order valence-corrected chi connectivity index (χ1v) is 4.52. The van der Waals surface area contributed by atoms with Gasteiger partial charge in [0.1, 0.15) is 0 Å². The van der Waals surface area contributed by atoms with E-state index < -0.39 is 11.1 Å². The van der Waals surface area contributed by atoms with E-state index in [0.717, 1.165) is 5.39 Å². The van der Waals surface area contributed by atoms with Crippen molar-refractivity contribution in [1.82, 2.24) is 4.98 Å². The van der Waals surface area contributed by atoms with Crippen molar-refractivity contribution in [2.45, 2.75) is 4.90 Å². The van der Waals surface area contributed by atoms with Crippen LogP contribution in [0.1, 0.15) is 0 Å². The van der Waals surface area contributed by atoms with Crippen LogP contribution in [0.4, 0.5) is 0 Å². The second-order valence-corrected chi connectivity index (χ2v) is 3.34. The summed E-state index contributed by atoms with van der Waals surface area (Å²) in [4.78, 5) is 3.19. The average Bonchev–Trinajstić information content (AvgIpc) is 2.49. The fraction of sp³-hybridized carbons (Fsp3) is 0. The maximum atomic E-state index is 10.7. The average molecular weight is 180 g/mol. The fourth-order valence-corrected chi connectivity index (χ4v) is 1.73. The first kappa shape index (κ1) is 7.52. The maximum absolute atomic E-state index is 10.7. The largest absolute Gasteiger partial charge is 0.768 e. The molecule has 0 bridgehead atoms. The Bertz CT molecular complexity index is 435. The predicted octanol–water partition coefficient (Wildman–Crippen LogP) is 1.41. The van der Waals surface area contributed by atoms with Gasteiger partial charge in [0.2, 0.25) is 0 Å². The van der Waals surface area contributed by atoms with Crippen molar-refractivity contribution in [3.63, 3.8) is 0 Å². The molecule has 1 N–H and O–H groups in total. The number of hydrogen-bond acceptors (Lipinski definition) is 2. The van der Waals surface area contributed by atoms with Crippen LogP contribution in [0.3, 0.4) is 0 Å². The smallest absolute Gasteiger partial charge is 0.0606 e. The van der Waals surface area contributed by atoms with Crippen LogP contribution in [-0.4, -0.2) is 13.7 Å². The summed E-state index contributed by atoms with van der Waals surface area (Å²) in [6.45, 7) is 0. The van der Waals surface area contributed by atoms with Gasteiger partial charge < -0.3 is 9.54 Å². The van der Waals surface area contributed by atoms with Crippen molar-refractivity contribution in [3.05, 3.63) is 30.5 Å². The SMILES string of the molecule is O=S([O-])c1cccc2cc[nH]c12. The molecule has 12 heavy (non-hydrogen) atoms. The van der Waals surface area contributed by atoms with E-state index in [1.54, 1.807) is 18.3 Å². The highest BCUT2D eigenvalue weighted by molar-refractivity contribution is 7.79. The van der Waals surface area contributed by atoms with Crippen LogP contribution in [0.2, 0.25) is 0 Å². The Morgan fingerprint density at radius 2 is 2.17 bits per heavy atom. The molecular weight excluding hydrogens is 174 g/mol. The highest BCUT2D eigenvalue weighted by Crippen LogP contribution is 2.18. The lowest BCUT2D eigenvalue weighted by molar-refractivity contribution is 0.538. The third-order valence-electron chi connectivity index (χ3n) is 1.73. The number of nitrogens with one attached hydrogen (secondary N) is 1. The molecule has 1 atom stereocenters. The van der Waals surface area contributed by atoms with Crippen molar-refractivity contribution in [1.29, 1.82) is 0 Å². The van der Waals surface area contributed by atoms with Gasteiger partial charge in [0, 0.05) is 16.5 Å². The van der Waals surface area contributed by atoms with E-state index in [4.69, 9.17) is 0 Å². The zero-order valence-electron chi connectivity index (χ0n) is 6.11. The van der Waals surface area contributed by atoms with Crippen molar-refractivity contribution < 1.29 is 8.76 Å². The lowest BCUT2D eigenvalue weighted by Crippen LogP contribution is -1.89. The van der Waals surface area contributed by atoms with E-state index in [1.807, 2.05) is 12.1 Å². The van der Waals surface area contributed by atoms with Gasteiger partial charge in [-0.2, -0.15) is 0 Å². The minimum absolute atomic E-state index is 0.317. The fourth-order valence-electron chi connectivity index (χ4n) is 1.20. The standard InChI is InChI=1S/C8H7NO2S/c10-12(11)7-3-1-2-6-4-5-9-8(6)7/h1-5,9H,(H,10,11)/p-1. The van der Waals surface area contributed by atoms with Crippen molar-refractivity contribution >= 4 is 22.0 Å². The number of aromatic amines is 1. The molecule has 1 aromatic carbocycles. The minimum Gasteiger partial charge on any atom is -0.768 e. The molecule has 0 fully saturated rings. The summed E-state index contributed by atoms with van der Waals surface area (Å²) in [7, 11) is 0. The second-order valence-electron chi connectivity index (χ2n) is 2.43. The molecule has 0 saturated carbocycles. The molecule has 3 nitrogen and oxygen atoms in total. The Kier molecular flexibility index (Phi) is 1.71. The van der Waals surface area contributed by atoms with E-state index in [2.05, 4.69) is 4.98 Å². The molecule has 0 radical (unpaired) electrons. The van der Waals surface area contributed by atoms with Gasteiger partial charge in [0.25, 0.3) is 0 Å². The van der Waals surface area contributed by atoms with Crippen LogP contribution in [0.15, 0.2) is 35.4 Å². The summed E-state index contributed by atoms with van der Waals surface area (Å²) in [6, 6.07) is 7.00. The molecule has 2 rings (SSSR count). The topological polar surface area (TPSA) is 55.9 Å². The number of para-hydroxylation sites is 1. The molecule has 1 aromatic heterocycles. The van der Waals surface area contributed by atoms with Crippen LogP contribution >= 0.6 is 0 Å². The van der Waals surface area contributed by atoms with Crippen LogP contribution in [0.5, 0.6) is 0 Å². The van der Waals surface area contributed by atoms with Gasteiger partial charge in [-0.1, -0.05) is 12.1 Å². The molecule has 0 spiro atoms. The van der Waals surface area contributed by atoms with Gasteiger partial charge in [0.15, 0.2) is 0 Å².